The van der Waals surface area contributed by atoms with Gasteiger partial charge in [0.2, 0.25) is 0 Å². The summed E-state index contributed by atoms with van der Waals surface area (Å²) < 4.78 is 10.3. The SMILES string of the molecule is Cc1cc(NC(=O)[C@@H](C)Oc2ccccc2Cl)no1. The third-order valence-electron chi connectivity index (χ3n) is 2.39. The van der Waals surface area contributed by atoms with Gasteiger partial charge >= 0.3 is 0 Å². The second-order valence-electron chi connectivity index (χ2n) is 4.00. The summed E-state index contributed by atoms with van der Waals surface area (Å²) in [5.41, 5.74) is 0. The van der Waals surface area contributed by atoms with Crippen molar-refractivity contribution in [3.05, 3.63) is 41.1 Å². The van der Waals surface area contributed by atoms with Gasteiger partial charge in [-0.25, -0.2) is 0 Å². The first-order valence-electron chi connectivity index (χ1n) is 5.71. The molecule has 0 radical (unpaired) electrons. The number of ether oxygens (including phenoxy) is 1. The number of anilines is 1. The molecule has 6 heteroatoms. The van der Waals surface area contributed by atoms with Gasteiger partial charge < -0.3 is 14.6 Å². The lowest BCUT2D eigenvalue weighted by Crippen LogP contribution is -2.30. The molecule has 19 heavy (non-hydrogen) atoms. The summed E-state index contributed by atoms with van der Waals surface area (Å²) in [6, 6.07) is 8.60. The lowest BCUT2D eigenvalue weighted by molar-refractivity contribution is -0.122. The van der Waals surface area contributed by atoms with E-state index in [1.165, 1.54) is 0 Å². The fourth-order valence-electron chi connectivity index (χ4n) is 1.44. The highest BCUT2D eigenvalue weighted by Crippen LogP contribution is 2.24. The van der Waals surface area contributed by atoms with Crippen molar-refractivity contribution >= 4 is 23.3 Å². The van der Waals surface area contributed by atoms with Crippen LogP contribution >= 0.6 is 11.6 Å². The number of rotatable bonds is 4. The van der Waals surface area contributed by atoms with Crippen LogP contribution in [-0.4, -0.2) is 17.2 Å². The van der Waals surface area contributed by atoms with Crippen molar-refractivity contribution in [2.45, 2.75) is 20.0 Å². The lowest BCUT2D eigenvalue weighted by Gasteiger charge is -2.14. The molecule has 1 atom stereocenters. The van der Waals surface area contributed by atoms with E-state index in [9.17, 15) is 4.79 Å². The van der Waals surface area contributed by atoms with Crippen molar-refractivity contribution in [2.24, 2.45) is 0 Å². The molecule has 1 amide bonds. The predicted molar refractivity (Wildman–Crippen MR) is 71.4 cm³/mol. The van der Waals surface area contributed by atoms with Crippen LogP contribution in [0.5, 0.6) is 5.75 Å². The standard InChI is InChI=1S/C13H13ClN2O3/c1-8-7-12(16-19-8)15-13(17)9(2)18-11-6-4-3-5-10(11)14/h3-7,9H,1-2H3,(H,15,16,17)/t9-/m1/s1. The van der Waals surface area contributed by atoms with Crippen LogP contribution in [0, 0.1) is 6.92 Å². The molecule has 0 aliphatic carbocycles. The molecule has 2 rings (SSSR count). The lowest BCUT2D eigenvalue weighted by atomic mass is 10.3. The molecule has 0 aliphatic heterocycles. The number of nitrogens with zero attached hydrogens (tertiary/aromatic N) is 1. The van der Waals surface area contributed by atoms with Gasteiger partial charge in [-0.15, -0.1) is 0 Å². The van der Waals surface area contributed by atoms with Gasteiger partial charge in [0.15, 0.2) is 11.9 Å². The Labute approximate surface area is 115 Å². The van der Waals surface area contributed by atoms with Crippen LogP contribution < -0.4 is 10.1 Å². The Kier molecular flexibility index (Phi) is 4.06. The number of hydrogen-bond acceptors (Lipinski definition) is 4. The van der Waals surface area contributed by atoms with Gasteiger partial charge in [0.25, 0.3) is 5.91 Å². The van der Waals surface area contributed by atoms with Crippen molar-refractivity contribution in [3.8, 4) is 5.75 Å². The molecular formula is C13H13ClN2O3. The highest BCUT2D eigenvalue weighted by Gasteiger charge is 2.17. The summed E-state index contributed by atoms with van der Waals surface area (Å²) in [6.45, 7) is 3.37. The van der Waals surface area contributed by atoms with Crippen molar-refractivity contribution in [1.82, 2.24) is 5.16 Å². The van der Waals surface area contributed by atoms with Gasteiger partial charge in [-0.05, 0) is 26.0 Å². The van der Waals surface area contributed by atoms with Crippen LogP contribution in [0.2, 0.25) is 5.02 Å². The summed E-state index contributed by atoms with van der Waals surface area (Å²) in [5.74, 6) is 1.11. The van der Waals surface area contributed by atoms with Crippen LogP contribution in [-0.2, 0) is 4.79 Å². The number of aryl methyl sites for hydroxylation is 1. The molecule has 1 N–H and O–H groups in total. The zero-order valence-corrected chi connectivity index (χ0v) is 11.3. The van der Waals surface area contributed by atoms with Crippen LogP contribution in [0.4, 0.5) is 5.82 Å². The maximum Gasteiger partial charge on any atom is 0.266 e. The van der Waals surface area contributed by atoms with Gasteiger partial charge in [0.1, 0.15) is 11.5 Å². The first-order chi connectivity index (χ1) is 9.06. The number of hydrogen-bond donors (Lipinski definition) is 1. The maximum atomic E-state index is 11.9. The Bertz CT molecular complexity index is 583. The van der Waals surface area contributed by atoms with E-state index in [1.807, 2.05) is 0 Å². The summed E-state index contributed by atoms with van der Waals surface area (Å²) in [5, 5.41) is 6.72. The van der Waals surface area contributed by atoms with Crippen LogP contribution in [0.1, 0.15) is 12.7 Å². The topological polar surface area (TPSA) is 64.4 Å². The Morgan fingerprint density at radius 3 is 2.84 bits per heavy atom. The minimum absolute atomic E-state index is 0.326. The largest absolute Gasteiger partial charge is 0.479 e. The Morgan fingerprint density at radius 2 is 2.21 bits per heavy atom. The van der Waals surface area contributed by atoms with Crippen molar-refractivity contribution in [2.75, 3.05) is 5.32 Å². The Hall–Kier alpha value is -2.01. The van der Waals surface area contributed by atoms with Gasteiger partial charge in [0, 0.05) is 6.07 Å². The van der Waals surface area contributed by atoms with E-state index < -0.39 is 6.10 Å². The molecule has 5 nitrogen and oxygen atoms in total. The predicted octanol–water partition coefficient (Wildman–Crippen LogP) is 3.04. The minimum atomic E-state index is -0.697. The number of amides is 1. The molecule has 0 spiro atoms. The van der Waals surface area contributed by atoms with Crippen LogP contribution in [0.15, 0.2) is 34.9 Å². The fourth-order valence-corrected chi connectivity index (χ4v) is 1.62. The molecule has 0 saturated carbocycles. The average molecular weight is 281 g/mol. The zero-order valence-electron chi connectivity index (χ0n) is 10.5. The van der Waals surface area contributed by atoms with Crippen molar-refractivity contribution in [1.29, 1.82) is 0 Å². The molecule has 0 unspecified atom stereocenters. The second-order valence-corrected chi connectivity index (χ2v) is 4.41. The van der Waals surface area contributed by atoms with Crippen molar-refractivity contribution < 1.29 is 14.1 Å². The third-order valence-corrected chi connectivity index (χ3v) is 2.70. The summed E-state index contributed by atoms with van der Waals surface area (Å²) >= 11 is 5.95. The Balaban J connectivity index is 1.98. The van der Waals surface area contributed by atoms with Gasteiger partial charge in [-0.2, -0.15) is 0 Å². The monoisotopic (exact) mass is 280 g/mol. The molecule has 0 fully saturated rings. The van der Waals surface area contributed by atoms with Gasteiger partial charge in [-0.1, -0.05) is 28.9 Å². The minimum Gasteiger partial charge on any atom is -0.479 e. The summed E-state index contributed by atoms with van der Waals surface area (Å²) in [4.78, 5) is 11.9. The van der Waals surface area contributed by atoms with E-state index in [0.29, 0.717) is 22.4 Å². The molecule has 1 aromatic carbocycles. The first kappa shape index (κ1) is 13.4. The van der Waals surface area contributed by atoms with E-state index in [2.05, 4.69) is 10.5 Å². The van der Waals surface area contributed by atoms with E-state index in [1.54, 1.807) is 44.2 Å². The molecule has 1 heterocycles. The quantitative estimate of drug-likeness (QED) is 0.935. The number of para-hydroxylation sites is 1. The number of carbonyl (C=O) groups is 1. The number of aromatic nitrogens is 1. The summed E-state index contributed by atoms with van der Waals surface area (Å²) in [7, 11) is 0. The number of halogens is 1. The van der Waals surface area contributed by atoms with Gasteiger partial charge in [-0.3, -0.25) is 4.79 Å². The van der Waals surface area contributed by atoms with E-state index >= 15 is 0 Å². The zero-order chi connectivity index (χ0) is 13.8. The first-order valence-corrected chi connectivity index (χ1v) is 6.09. The molecule has 1 aromatic heterocycles. The number of nitrogens with one attached hydrogen (secondary N) is 1. The second kappa shape index (κ2) is 5.75. The molecule has 0 bridgehead atoms. The average Bonchev–Trinajstić information content (AvgIpc) is 2.77. The molecular weight excluding hydrogens is 268 g/mol. The van der Waals surface area contributed by atoms with E-state index in [4.69, 9.17) is 20.9 Å². The molecule has 100 valence electrons. The highest BCUT2D eigenvalue weighted by atomic mass is 35.5. The van der Waals surface area contributed by atoms with E-state index in [-0.39, 0.29) is 5.91 Å². The maximum absolute atomic E-state index is 11.9. The summed E-state index contributed by atoms with van der Waals surface area (Å²) in [6.07, 6.45) is -0.697. The van der Waals surface area contributed by atoms with Gasteiger partial charge in [0.05, 0.1) is 5.02 Å². The Morgan fingerprint density at radius 1 is 1.47 bits per heavy atom. The van der Waals surface area contributed by atoms with Crippen LogP contribution in [0.3, 0.4) is 0 Å². The van der Waals surface area contributed by atoms with Crippen molar-refractivity contribution in [3.63, 3.8) is 0 Å². The number of benzene rings is 1. The molecule has 0 saturated heterocycles. The molecule has 2 aromatic rings. The number of carbonyl (C=O) groups excluding carboxylic acids is 1. The normalized spacial score (nSPS) is 11.9. The molecule has 0 aliphatic rings. The fraction of sp³-hybridized carbons (Fsp3) is 0.231. The van der Waals surface area contributed by atoms with Crippen LogP contribution in [0.25, 0.3) is 0 Å². The highest BCUT2D eigenvalue weighted by molar-refractivity contribution is 6.32. The third kappa shape index (κ3) is 3.48. The smallest absolute Gasteiger partial charge is 0.266 e. The van der Waals surface area contributed by atoms with E-state index in [0.717, 1.165) is 0 Å².